The van der Waals surface area contributed by atoms with Crippen molar-refractivity contribution in [2.24, 2.45) is 0 Å². The molecule has 3 rings (SSSR count). The zero-order valence-corrected chi connectivity index (χ0v) is 14.4. The number of hydrogen-bond donors (Lipinski definition) is 1. The summed E-state index contributed by atoms with van der Waals surface area (Å²) >= 11 is 13.2. The highest BCUT2D eigenvalue weighted by Crippen LogP contribution is 2.26. The Balaban J connectivity index is 1.62. The number of rotatable bonds is 4. The summed E-state index contributed by atoms with van der Waals surface area (Å²) in [5.74, 6) is 0.0293. The number of carbonyl (C=O) groups excluding carboxylic acids is 1. The Morgan fingerprint density at radius 3 is 2.87 bits per heavy atom. The Labute approximate surface area is 147 Å². The van der Waals surface area contributed by atoms with Gasteiger partial charge in [-0.25, -0.2) is 4.98 Å². The lowest BCUT2D eigenvalue weighted by molar-refractivity contribution is -0.113. The number of carbonyl (C=O) groups is 1. The van der Waals surface area contributed by atoms with Crippen molar-refractivity contribution in [3.63, 3.8) is 0 Å². The molecule has 0 bridgehead atoms. The number of oxazole rings is 1. The third-order valence-corrected chi connectivity index (χ3v) is 4.58. The molecule has 0 aliphatic heterocycles. The van der Waals surface area contributed by atoms with Gasteiger partial charge in [0, 0.05) is 15.7 Å². The van der Waals surface area contributed by atoms with Crippen LogP contribution in [0.25, 0.3) is 11.1 Å². The fraction of sp³-hybridized carbons (Fsp3) is 0.125. The lowest BCUT2D eigenvalue weighted by Gasteiger charge is -2.05. The summed E-state index contributed by atoms with van der Waals surface area (Å²) in [4.78, 5) is 16.3. The van der Waals surface area contributed by atoms with Gasteiger partial charge in [-0.05, 0) is 42.8 Å². The summed E-state index contributed by atoms with van der Waals surface area (Å²) in [7, 11) is 0. The van der Waals surface area contributed by atoms with E-state index < -0.39 is 0 Å². The normalized spacial score (nSPS) is 10.9. The van der Waals surface area contributed by atoms with Crippen LogP contribution < -0.4 is 5.32 Å². The molecular formula is C16H12Cl2N2O2S. The first kappa shape index (κ1) is 16.2. The minimum absolute atomic E-state index is 0.157. The summed E-state index contributed by atoms with van der Waals surface area (Å²) in [6.45, 7) is 1.91. The van der Waals surface area contributed by atoms with Gasteiger partial charge in [0.25, 0.3) is 5.22 Å². The average molecular weight is 367 g/mol. The minimum Gasteiger partial charge on any atom is -0.431 e. The molecule has 0 radical (unpaired) electrons. The highest BCUT2D eigenvalue weighted by atomic mass is 35.5. The van der Waals surface area contributed by atoms with Crippen molar-refractivity contribution in [1.29, 1.82) is 0 Å². The van der Waals surface area contributed by atoms with Crippen molar-refractivity contribution in [2.45, 2.75) is 12.1 Å². The lowest BCUT2D eigenvalue weighted by Crippen LogP contribution is -2.13. The summed E-state index contributed by atoms with van der Waals surface area (Å²) in [6.07, 6.45) is 0. The maximum absolute atomic E-state index is 12.0. The predicted molar refractivity (Wildman–Crippen MR) is 94.6 cm³/mol. The van der Waals surface area contributed by atoms with Gasteiger partial charge in [0.1, 0.15) is 5.52 Å². The van der Waals surface area contributed by atoms with Crippen molar-refractivity contribution >= 4 is 57.7 Å². The molecule has 118 valence electrons. The highest BCUT2D eigenvalue weighted by molar-refractivity contribution is 7.99. The van der Waals surface area contributed by atoms with E-state index in [-0.39, 0.29) is 11.7 Å². The number of fused-ring (bicyclic) bond motifs is 1. The molecule has 0 saturated heterocycles. The van der Waals surface area contributed by atoms with Gasteiger partial charge in [-0.3, -0.25) is 4.79 Å². The number of aromatic nitrogens is 1. The van der Waals surface area contributed by atoms with Crippen LogP contribution in [0.4, 0.5) is 5.69 Å². The third-order valence-electron chi connectivity index (χ3n) is 3.11. The summed E-state index contributed by atoms with van der Waals surface area (Å²) in [5, 5.41) is 4.43. The average Bonchev–Trinajstić information content (AvgIpc) is 2.91. The molecule has 23 heavy (non-hydrogen) atoms. The van der Waals surface area contributed by atoms with Crippen LogP contribution in [0.2, 0.25) is 10.0 Å². The van der Waals surface area contributed by atoms with Gasteiger partial charge in [0.05, 0.1) is 5.75 Å². The second-order valence-corrected chi connectivity index (χ2v) is 6.66. The van der Waals surface area contributed by atoms with Crippen LogP contribution in [0.15, 0.2) is 46.0 Å². The molecule has 1 heterocycles. The smallest absolute Gasteiger partial charge is 0.257 e. The maximum Gasteiger partial charge on any atom is 0.257 e. The Morgan fingerprint density at radius 1 is 1.26 bits per heavy atom. The summed E-state index contributed by atoms with van der Waals surface area (Å²) in [6, 6.07) is 10.6. The number of anilines is 1. The first-order chi connectivity index (χ1) is 11.0. The van der Waals surface area contributed by atoms with Gasteiger partial charge in [0.15, 0.2) is 5.58 Å². The van der Waals surface area contributed by atoms with Crippen molar-refractivity contribution in [1.82, 2.24) is 4.98 Å². The van der Waals surface area contributed by atoms with E-state index in [0.717, 1.165) is 5.56 Å². The molecular weight excluding hydrogens is 355 g/mol. The van der Waals surface area contributed by atoms with E-state index in [2.05, 4.69) is 10.3 Å². The molecule has 0 saturated carbocycles. The molecule has 1 N–H and O–H groups in total. The first-order valence-electron chi connectivity index (χ1n) is 6.76. The summed E-state index contributed by atoms with van der Waals surface area (Å²) in [5.41, 5.74) is 2.94. The first-order valence-corrected chi connectivity index (χ1v) is 8.50. The van der Waals surface area contributed by atoms with E-state index in [0.29, 0.717) is 32.1 Å². The molecule has 0 fully saturated rings. The SMILES string of the molecule is Cc1ccc(NC(=O)CSc2nc3cc(Cl)ccc3o2)cc1Cl. The molecule has 1 aromatic heterocycles. The van der Waals surface area contributed by atoms with Crippen LogP contribution in [0.3, 0.4) is 0 Å². The van der Waals surface area contributed by atoms with E-state index in [1.807, 2.05) is 19.1 Å². The Morgan fingerprint density at radius 2 is 2.09 bits per heavy atom. The molecule has 4 nitrogen and oxygen atoms in total. The molecule has 0 unspecified atom stereocenters. The van der Waals surface area contributed by atoms with Crippen molar-refractivity contribution in [3.8, 4) is 0 Å². The Kier molecular flexibility index (Phi) is 4.80. The number of aryl methyl sites for hydroxylation is 1. The van der Waals surface area contributed by atoms with Crippen LogP contribution in [0.1, 0.15) is 5.56 Å². The van der Waals surface area contributed by atoms with E-state index in [9.17, 15) is 4.79 Å². The molecule has 0 aliphatic carbocycles. The van der Waals surface area contributed by atoms with E-state index in [4.69, 9.17) is 27.6 Å². The number of hydrogen-bond acceptors (Lipinski definition) is 4. The molecule has 7 heteroatoms. The molecule has 0 aliphatic rings. The minimum atomic E-state index is -0.157. The van der Waals surface area contributed by atoms with Gasteiger partial charge in [-0.1, -0.05) is 41.0 Å². The van der Waals surface area contributed by atoms with E-state index >= 15 is 0 Å². The number of nitrogens with one attached hydrogen (secondary N) is 1. The van der Waals surface area contributed by atoms with Crippen LogP contribution in [0, 0.1) is 6.92 Å². The number of amides is 1. The fourth-order valence-electron chi connectivity index (χ4n) is 1.94. The van der Waals surface area contributed by atoms with Gasteiger partial charge in [0.2, 0.25) is 5.91 Å². The van der Waals surface area contributed by atoms with Gasteiger partial charge < -0.3 is 9.73 Å². The Hall–Kier alpha value is -1.69. The third kappa shape index (κ3) is 3.99. The second-order valence-electron chi connectivity index (χ2n) is 4.89. The van der Waals surface area contributed by atoms with Crippen LogP contribution in [0.5, 0.6) is 0 Å². The number of halogens is 2. The van der Waals surface area contributed by atoms with Crippen molar-refractivity contribution in [3.05, 3.63) is 52.0 Å². The van der Waals surface area contributed by atoms with Gasteiger partial charge in [-0.15, -0.1) is 0 Å². The quantitative estimate of drug-likeness (QED) is 0.646. The van der Waals surface area contributed by atoms with Gasteiger partial charge >= 0.3 is 0 Å². The van der Waals surface area contributed by atoms with Crippen LogP contribution in [-0.2, 0) is 4.79 Å². The molecule has 3 aromatic rings. The second kappa shape index (κ2) is 6.83. The van der Waals surface area contributed by atoms with E-state index in [1.165, 1.54) is 11.8 Å². The maximum atomic E-state index is 12.0. The van der Waals surface area contributed by atoms with Crippen molar-refractivity contribution in [2.75, 3.05) is 11.1 Å². The predicted octanol–water partition coefficient (Wildman–Crippen LogP) is 5.17. The van der Waals surface area contributed by atoms with Crippen molar-refractivity contribution < 1.29 is 9.21 Å². The van der Waals surface area contributed by atoms with Crippen LogP contribution in [-0.4, -0.2) is 16.6 Å². The highest BCUT2D eigenvalue weighted by Gasteiger charge is 2.10. The number of benzene rings is 2. The number of thioether (sulfide) groups is 1. The zero-order valence-electron chi connectivity index (χ0n) is 12.1. The molecule has 1 amide bonds. The fourth-order valence-corrected chi connectivity index (χ4v) is 2.92. The largest absolute Gasteiger partial charge is 0.431 e. The van der Waals surface area contributed by atoms with Gasteiger partial charge in [-0.2, -0.15) is 0 Å². The molecule has 0 spiro atoms. The zero-order chi connectivity index (χ0) is 16.4. The molecule has 0 atom stereocenters. The number of nitrogens with zero attached hydrogens (tertiary/aromatic N) is 1. The summed E-state index contributed by atoms with van der Waals surface area (Å²) < 4.78 is 5.55. The topological polar surface area (TPSA) is 55.1 Å². The Bertz CT molecular complexity index is 880. The van der Waals surface area contributed by atoms with E-state index in [1.54, 1.807) is 24.3 Å². The molecule has 2 aromatic carbocycles. The lowest BCUT2D eigenvalue weighted by atomic mass is 10.2. The monoisotopic (exact) mass is 366 g/mol. The van der Waals surface area contributed by atoms with Crippen LogP contribution >= 0.6 is 35.0 Å². The standard InChI is InChI=1S/C16H12Cl2N2O2S/c1-9-2-4-11(7-12(9)18)19-15(21)8-23-16-20-13-6-10(17)3-5-14(13)22-16/h2-7H,8H2,1H3,(H,19,21).